The van der Waals surface area contributed by atoms with Crippen LogP contribution in [0.1, 0.15) is 32.6 Å². The average molecular weight is 156 g/mol. The molecule has 0 aromatic carbocycles. The summed E-state index contributed by atoms with van der Waals surface area (Å²) in [4.78, 5) is 0. The van der Waals surface area contributed by atoms with Crippen molar-refractivity contribution in [3.05, 3.63) is 12.2 Å². The van der Waals surface area contributed by atoms with Gasteiger partial charge >= 0.3 is 0 Å². The van der Waals surface area contributed by atoms with Crippen molar-refractivity contribution in [2.24, 2.45) is 0 Å². The predicted molar refractivity (Wildman–Crippen MR) is 44.2 cm³/mol. The zero-order chi connectivity index (χ0) is 8.32. The molecule has 0 spiro atoms. The third-order valence-electron chi connectivity index (χ3n) is 2.34. The van der Waals surface area contributed by atoms with Gasteiger partial charge in [0.2, 0.25) is 0 Å². The van der Waals surface area contributed by atoms with E-state index in [0.717, 1.165) is 19.3 Å². The quantitative estimate of drug-likeness (QED) is 0.560. The Morgan fingerprint density at radius 3 is 2.73 bits per heavy atom. The van der Waals surface area contributed by atoms with E-state index in [1.807, 2.05) is 6.92 Å². The molecule has 1 saturated carbocycles. The highest BCUT2D eigenvalue weighted by molar-refractivity contribution is 5.05. The highest BCUT2D eigenvalue weighted by atomic mass is 16.3. The Bertz CT molecular complexity index is 154. The standard InChI is InChI=1S/C9H16O2/c1-2-6-9(11)7-4-3-5-8(9)10/h2,6,8,10-11H,3-5,7H2,1H3/b6-2-. The van der Waals surface area contributed by atoms with Gasteiger partial charge in [-0.2, -0.15) is 0 Å². The summed E-state index contributed by atoms with van der Waals surface area (Å²) in [6.07, 6.45) is 6.40. The summed E-state index contributed by atoms with van der Waals surface area (Å²) in [6.45, 7) is 1.86. The summed E-state index contributed by atoms with van der Waals surface area (Å²) in [7, 11) is 0. The fourth-order valence-corrected chi connectivity index (χ4v) is 1.65. The average Bonchev–Trinajstić information content (AvgIpc) is 1.96. The largest absolute Gasteiger partial charge is 0.390 e. The van der Waals surface area contributed by atoms with E-state index in [4.69, 9.17) is 0 Å². The van der Waals surface area contributed by atoms with Gasteiger partial charge in [-0.25, -0.2) is 0 Å². The molecule has 0 radical (unpaired) electrons. The lowest BCUT2D eigenvalue weighted by Crippen LogP contribution is -2.42. The first-order chi connectivity index (χ1) is 5.19. The van der Waals surface area contributed by atoms with Gasteiger partial charge in [-0.05, 0) is 19.8 Å². The van der Waals surface area contributed by atoms with Gasteiger partial charge in [0.05, 0.1) is 6.10 Å². The predicted octanol–water partition coefficient (Wildman–Crippen LogP) is 1.23. The second-order valence-corrected chi connectivity index (χ2v) is 3.25. The van der Waals surface area contributed by atoms with Crippen LogP contribution in [0.4, 0.5) is 0 Å². The van der Waals surface area contributed by atoms with Crippen molar-refractivity contribution in [2.75, 3.05) is 0 Å². The van der Waals surface area contributed by atoms with Crippen LogP contribution in [0, 0.1) is 0 Å². The van der Waals surface area contributed by atoms with Crippen molar-refractivity contribution >= 4 is 0 Å². The van der Waals surface area contributed by atoms with E-state index >= 15 is 0 Å². The van der Waals surface area contributed by atoms with Gasteiger partial charge in [-0.3, -0.25) is 0 Å². The van der Waals surface area contributed by atoms with Gasteiger partial charge in [0.1, 0.15) is 5.60 Å². The van der Waals surface area contributed by atoms with Crippen molar-refractivity contribution < 1.29 is 10.2 Å². The molecule has 64 valence electrons. The molecule has 0 amide bonds. The van der Waals surface area contributed by atoms with Crippen LogP contribution in [0.5, 0.6) is 0 Å². The molecule has 2 unspecified atom stereocenters. The molecule has 0 aromatic rings. The smallest absolute Gasteiger partial charge is 0.108 e. The minimum absolute atomic E-state index is 0.563. The van der Waals surface area contributed by atoms with Crippen LogP contribution in [-0.2, 0) is 0 Å². The molecule has 2 N–H and O–H groups in total. The minimum Gasteiger partial charge on any atom is -0.390 e. The molecule has 2 heteroatoms. The Labute approximate surface area is 67.6 Å². The van der Waals surface area contributed by atoms with Gasteiger partial charge in [-0.15, -0.1) is 0 Å². The third-order valence-corrected chi connectivity index (χ3v) is 2.34. The van der Waals surface area contributed by atoms with Crippen molar-refractivity contribution in [3.63, 3.8) is 0 Å². The molecule has 2 nitrogen and oxygen atoms in total. The van der Waals surface area contributed by atoms with E-state index in [-0.39, 0.29) is 0 Å². The van der Waals surface area contributed by atoms with E-state index in [1.54, 1.807) is 12.2 Å². The maximum atomic E-state index is 9.80. The normalized spacial score (nSPS) is 39.7. The second-order valence-electron chi connectivity index (χ2n) is 3.25. The molecular formula is C9H16O2. The Kier molecular flexibility index (Phi) is 2.68. The summed E-state index contributed by atoms with van der Waals surface area (Å²) < 4.78 is 0. The van der Waals surface area contributed by atoms with Crippen molar-refractivity contribution in [1.82, 2.24) is 0 Å². The van der Waals surface area contributed by atoms with E-state index in [0.29, 0.717) is 6.42 Å². The molecule has 1 fully saturated rings. The summed E-state index contributed by atoms with van der Waals surface area (Å²) in [5.41, 5.74) is -0.937. The molecule has 1 rings (SSSR count). The molecule has 1 aliphatic carbocycles. The van der Waals surface area contributed by atoms with Gasteiger partial charge in [0.15, 0.2) is 0 Å². The fraction of sp³-hybridized carbons (Fsp3) is 0.778. The molecular weight excluding hydrogens is 140 g/mol. The van der Waals surface area contributed by atoms with Crippen LogP contribution in [0.25, 0.3) is 0 Å². The van der Waals surface area contributed by atoms with Crippen molar-refractivity contribution in [2.45, 2.75) is 44.3 Å². The lowest BCUT2D eigenvalue weighted by molar-refractivity contribution is -0.0654. The molecule has 0 aromatic heterocycles. The maximum Gasteiger partial charge on any atom is 0.108 e. The SMILES string of the molecule is C/C=C\C1(O)CCCCC1O. The monoisotopic (exact) mass is 156 g/mol. The first kappa shape index (κ1) is 8.75. The topological polar surface area (TPSA) is 40.5 Å². The lowest BCUT2D eigenvalue weighted by atomic mass is 9.82. The Balaban J connectivity index is 2.64. The van der Waals surface area contributed by atoms with Gasteiger partial charge in [0.25, 0.3) is 0 Å². The number of aliphatic hydroxyl groups excluding tert-OH is 1. The summed E-state index contributed by atoms with van der Waals surface area (Å²) >= 11 is 0. The van der Waals surface area contributed by atoms with Crippen LogP contribution in [0.3, 0.4) is 0 Å². The minimum atomic E-state index is -0.937. The van der Waals surface area contributed by atoms with Crippen LogP contribution in [0.2, 0.25) is 0 Å². The number of allylic oxidation sites excluding steroid dienone is 1. The summed E-state index contributed by atoms with van der Waals surface area (Å²) in [6, 6.07) is 0. The number of hydrogen-bond acceptors (Lipinski definition) is 2. The third kappa shape index (κ3) is 1.82. The molecule has 1 aliphatic rings. The second kappa shape index (κ2) is 3.37. The highest BCUT2D eigenvalue weighted by Gasteiger charge is 2.34. The maximum absolute atomic E-state index is 9.80. The molecule has 11 heavy (non-hydrogen) atoms. The summed E-state index contributed by atoms with van der Waals surface area (Å²) in [5.74, 6) is 0. The number of hydrogen-bond donors (Lipinski definition) is 2. The van der Waals surface area contributed by atoms with Crippen LogP contribution in [0.15, 0.2) is 12.2 Å². The Morgan fingerprint density at radius 1 is 1.45 bits per heavy atom. The number of aliphatic hydroxyl groups is 2. The van der Waals surface area contributed by atoms with Crippen molar-refractivity contribution in [3.8, 4) is 0 Å². The van der Waals surface area contributed by atoms with Gasteiger partial charge in [0, 0.05) is 0 Å². The Morgan fingerprint density at radius 2 is 2.18 bits per heavy atom. The van der Waals surface area contributed by atoms with Crippen LogP contribution < -0.4 is 0 Å². The molecule has 0 aliphatic heterocycles. The first-order valence-corrected chi connectivity index (χ1v) is 4.23. The molecule has 0 bridgehead atoms. The van der Waals surface area contributed by atoms with Gasteiger partial charge < -0.3 is 10.2 Å². The first-order valence-electron chi connectivity index (χ1n) is 4.23. The summed E-state index contributed by atoms with van der Waals surface area (Å²) in [5, 5.41) is 19.3. The van der Waals surface area contributed by atoms with Crippen molar-refractivity contribution in [1.29, 1.82) is 0 Å². The van der Waals surface area contributed by atoms with E-state index in [9.17, 15) is 10.2 Å². The fourth-order valence-electron chi connectivity index (χ4n) is 1.65. The number of rotatable bonds is 1. The zero-order valence-electron chi connectivity index (χ0n) is 6.95. The van der Waals surface area contributed by atoms with E-state index in [1.165, 1.54) is 0 Å². The molecule has 0 heterocycles. The molecule has 2 atom stereocenters. The van der Waals surface area contributed by atoms with Gasteiger partial charge in [-0.1, -0.05) is 25.0 Å². The highest BCUT2D eigenvalue weighted by Crippen LogP contribution is 2.29. The zero-order valence-corrected chi connectivity index (χ0v) is 6.95. The Hall–Kier alpha value is -0.340. The lowest BCUT2D eigenvalue weighted by Gasteiger charge is -2.34. The van der Waals surface area contributed by atoms with E-state index in [2.05, 4.69) is 0 Å². The molecule has 0 saturated heterocycles. The van der Waals surface area contributed by atoms with Crippen LogP contribution in [-0.4, -0.2) is 21.9 Å². The van der Waals surface area contributed by atoms with E-state index < -0.39 is 11.7 Å². The van der Waals surface area contributed by atoms with Crippen LogP contribution >= 0.6 is 0 Å².